The Kier molecular flexibility index (Phi) is 10.0. The average Bonchev–Trinajstić information content (AvgIpc) is 3.11. The monoisotopic (exact) mass is 526 g/mol. The Labute approximate surface area is 197 Å². The summed E-state index contributed by atoms with van der Waals surface area (Å²) in [5.74, 6) is 3.60. The van der Waals surface area contributed by atoms with Gasteiger partial charge in [-0.25, -0.2) is 9.67 Å². The SMILES string of the molecule is CCNC(=NCC(c1ccccc1)C(C)C)NC1CCc2nc(COC)nn2C1.I. The van der Waals surface area contributed by atoms with Gasteiger partial charge < -0.3 is 15.4 Å². The normalized spacial score (nSPS) is 17.2. The van der Waals surface area contributed by atoms with Crippen LogP contribution < -0.4 is 10.6 Å². The zero-order valence-corrected chi connectivity index (χ0v) is 20.8. The number of rotatable bonds is 8. The fourth-order valence-corrected chi connectivity index (χ4v) is 3.77. The number of nitrogens with zero attached hydrogens (tertiary/aromatic N) is 4. The molecule has 0 aliphatic carbocycles. The van der Waals surface area contributed by atoms with Crippen LogP contribution in [0.15, 0.2) is 35.3 Å². The first-order chi connectivity index (χ1) is 14.1. The topological polar surface area (TPSA) is 76.4 Å². The highest BCUT2D eigenvalue weighted by Gasteiger charge is 2.23. The molecule has 2 aromatic rings. The molecule has 0 saturated carbocycles. The Balaban J connectivity index is 0.00000320. The van der Waals surface area contributed by atoms with Crippen LogP contribution in [0, 0.1) is 5.92 Å². The molecule has 0 amide bonds. The molecule has 3 rings (SSSR count). The number of aliphatic imine (C=N–C) groups is 1. The van der Waals surface area contributed by atoms with E-state index in [4.69, 9.17) is 9.73 Å². The summed E-state index contributed by atoms with van der Waals surface area (Å²) in [5, 5.41) is 11.6. The smallest absolute Gasteiger partial charge is 0.191 e. The summed E-state index contributed by atoms with van der Waals surface area (Å²) in [7, 11) is 1.67. The number of nitrogens with one attached hydrogen (secondary N) is 2. The first-order valence-corrected chi connectivity index (χ1v) is 10.6. The van der Waals surface area contributed by atoms with E-state index in [0.29, 0.717) is 18.4 Å². The molecule has 166 valence electrons. The van der Waals surface area contributed by atoms with Crippen LogP contribution in [-0.4, -0.2) is 47.0 Å². The van der Waals surface area contributed by atoms with Gasteiger partial charge in [-0.3, -0.25) is 4.99 Å². The number of aromatic nitrogens is 3. The molecule has 0 bridgehead atoms. The van der Waals surface area contributed by atoms with Gasteiger partial charge in [-0.2, -0.15) is 5.10 Å². The van der Waals surface area contributed by atoms with E-state index in [9.17, 15) is 0 Å². The highest BCUT2D eigenvalue weighted by Crippen LogP contribution is 2.24. The molecule has 1 aromatic carbocycles. The summed E-state index contributed by atoms with van der Waals surface area (Å²) in [6.45, 7) is 9.47. The number of ether oxygens (including phenoxy) is 1. The number of aryl methyl sites for hydroxylation is 1. The molecular formula is C22H35IN6O. The van der Waals surface area contributed by atoms with E-state index < -0.39 is 0 Å². The maximum absolute atomic E-state index is 5.16. The van der Waals surface area contributed by atoms with E-state index in [1.54, 1.807) is 7.11 Å². The average molecular weight is 526 g/mol. The van der Waals surface area contributed by atoms with Gasteiger partial charge in [0.15, 0.2) is 11.8 Å². The van der Waals surface area contributed by atoms with Crippen LogP contribution in [0.25, 0.3) is 0 Å². The molecule has 0 radical (unpaired) electrons. The number of halogens is 1. The van der Waals surface area contributed by atoms with Crippen molar-refractivity contribution in [1.29, 1.82) is 0 Å². The van der Waals surface area contributed by atoms with Crippen molar-refractivity contribution >= 4 is 29.9 Å². The van der Waals surface area contributed by atoms with Crippen LogP contribution in [0.1, 0.15) is 50.3 Å². The number of guanidine groups is 1. The Bertz CT molecular complexity index is 792. The minimum Gasteiger partial charge on any atom is -0.377 e. The highest BCUT2D eigenvalue weighted by molar-refractivity contribution is 14.0. The van der Waals surface area contributed by atoms with E-state index in [1.807, 2.05) is 4.68 Å². The van der Waals surface area contributed by atoms with Gasteiger partial charge in [0.1, 0.15) is 12.4 Å². The Morgan fingerprint density at radius 3 is 2.73 bits per heavy atom. The molecule has 1 aromatic heterocycles. The van der Waals surface area contributed by atoms with E-state index in [-0.39, 0.29) is 30.0 Å². The van der Waals surface area contributed by atoms with Crippen molar-refractivity contribution in [3.05, 3.63) is 47.5 Å². The predicted octanol–water partition coefficient (Wildman–Crippen LogP) is 3.35. The minimum absolute atomic E-state index is 0. The summed E-state index contributed by atoms with van der Waals surface area (Å²) in [6, 6.07) is 11.0. The van der Waals surface area contributed by atoms with Crippen molar-refractivity contribution in [3.8, 4) is 0 Å². The van der Waals surface area contributed by atoms with Crippen molar-refractivity contribution in [2.75, 3.05) is 20.2 Å². The van der Waals surface area contributed by atoms with E-state index in [1.165, 1.54) is 5.56 Å². The minimum atomic E-state index is 0. The predicted molar refractivity (Wildman–Crippen MR) is 131 cm³/mol. The fourth-order valence-electron chi connectivity index (χ4n) is 3.77. The van der Waals surface area contributed by atoms with Gasteiger partial charge in [-0.15, -0.1) is 24.0 Å². The first kappa shape index (κ1) is 24.6. The summed E-state index contributed by atoms with van der Waals surface area (Å²) in [5.41, 5.74) is 1.35. The van der Waals surface area contributed by atoms with Gasteiger partial charge in [-0.05, 0) is 24.8 Å². The van der Waals surface area contributed by atoms with E-state index in [2.05, 4.69) is 71.8 Å². The van der Waals surface area contributed by atoms with Crippen LogP contribution in [-0.2, 0) is 24.3 Å². The zero-order chi connectivity index (χ0) is 20.6. The second kappa shape index (κ2) is 12.2. The number of hydrogen-bond donors (Lipinski definition) is 2. The van der Waals surface area contributed by atoms with Gasteiger partial charge in [0.05, 0.1) is 6.54 Å². The Morgan fingerprint density at radius 2 is 2.07 bits per heavy atom. The quantitative estimate of drug-likeness (QED) is 0.314. The molecular weight excluding hydrogens is 491 g/mol. The number of benzene rings is 1. The van der Waals surface area contributed by atoms with Crippen LogP contribution in [0.3, 0.4) is 0 Å². The lowest BCUT2D eigenvalue weighted by molar-refractivity contribution is 0.177. The van der Waals surface area contributed by atoms with Crippen LogP contribution in [0.4, 0.5) is 0 Å². The highest BCUT2D eigenvalue weighted by atomic mass is 127. The lowest BCUT2D eigenvalue weighted by Gasteiger charge is -2.26. The summed E-state index contributed by atoms with van der Waals surface area (Å²) in [6.07, 6.45) is 1.92. The lowest BCUT2D eigenvalue weighted by atomic mass is 9.88. The molecule has 2 heterocycles. The maximum atomic E-state index is 5.16. The van der Waals surface area contributed by atoms with Crippen molar-refractivity contribution < 1.29 is 4.74 Å². The third kappa shape index (κ3) is 6.66. The molecule has 1 aliphatic heterocycles. The van der Waals surface area contributed by atoms with Gasteiger partial charge in [0.2, 0.25) is 0 Å². The standard InChI is InChI=1S/C22H34N6O.HI/c1-5-23-22(24-13-19(16(2)3)17-9-7-6-8-10-17)25-18-11-12-21-26-20(15-29-4)27-28(21)14-18;/h6-10,16,18-19H,5,11-15H2,1-4H3,(H2,23,24,25);1H. The third-order valence-corrected chi connectivity index (χ3v) is 5.34. The van der Waals surface area contributed by atoms with Crippen LogP contribution >= 0.6 is 24.0 Å². The molecule has 2 N–H and O–H groups in total. The fraction of sp³-hybridized carbons (Fsp3) is 0.591. The summed E-state index contributed by atoms with van der Waals surface area (Å²) < 4.78 is 7.16. The maximum Gasteiger partial charge on any atom is 0.191 e. The van der Waals surface area contributed by atoms with E-state index in [0.717, 1.165) is 50.1 Å². The Morgan fingerprint density at radius 1 is 1.30 bits per heavy atom. The zero-order valence-electron chi connectivity index (χ0n) is 18.5. The first-order valence-electron chi connectivity index (χ1n) is 10.6. The lowest BCUT2D eigenvalue weighted by Crippen LogP contribution is -2.47. The van der Waals surface area contributed by atoms with Gasteiger partial charge in [-0.1, -0.05) is 44.2 Å². The molecule has 7 nitrogen and oxygen atoms in total. The number of methoxy groups -OCH3 is 1. The van der Waals surface area contributed by atoms with Crippen LogP contribution in [0.2, 0.25) is 0 Å². The largest absolute Gasteiger partial charge is 0.377 e. The number of hydrogen-bond acceptors (Lipinski definition) is 4. The van der Waals surface area contributed by atoms with Crippen molar-refractivity contribution in [1.82, 2.24) is 25.4 Å². The molecule has 0 spiro atoms. The molecule has 8 heteroatoms. The Hall–Kier alpha value is -1.68. The van der Waals surface area contributed by atoms with Gasteiger partial charge >= 0.3 is 0 Å². The summed E-state index contributed by atoms with van der Waals surface area (Å²) in [4.78, 5) is 9.48. The summed E-state index contributed by atoms with van der Waals surface area (Å²) >= 11 is 0. The second-order valence-corrected chi connectivity index (χ2v) is 7.92. The van der Waals surface area contributed by atoms with Crippen molar-refractivity contribution in [3.63, 3.8) is 0 Å². The second-order valence-electron chi connectivity index (χ2n) is 7.92. The molecule has 2 atom stereocenters. The molecule has 0 fully saturated rings. The molecule has 0 saturated heterocycles. The molecule has 2 unspecified atom stereocenters. The van der Waals surface area contributed by atoms with Crippen LogP contribution in [0.5, 0.6) is 0 Å². The molecule has 30 heavy (non-hydrogen) atoms. The van der Waals surface area contributed by atoms with Crippen molar-refractivity contribution in [2.45, 2.75) is 58.7 Å². The molecule has 1 aliphatic rings. The third-order valence-electron chi connectivity index (χ3n) is 5.34. The van der Waals surface area contributed by atoms with Gasteiger partial charge in [0, 0.05) is 38.6 Å². The van der Waals surface area contributed by atoms with Gasteiger partial charge in [0.25, 0.3) is 0 Å². The van der Waals surface area contributed by atoms with Crippen molar-refractivity contribution in [2.24, 2.45) is 10.9 Å². The number of fused-ring (bicyclic) bond motifs is 1. The van der Waals surface area contributed by atoms with E-state index >= 15 is 0 Å².